The number of hydrogen-bond acceptors (Lipinski definition) is 4. The highest BCUT2D eigenvalue weighted by molar-refractivity contribution is 9.10. The Labute approximate surface area is 168 Å². The van der Waals surface area contributed by atoms with Crippen LogP contribution in [-0.2, 0) is 4.79 Å². The van der Waals surface area contributed by atoms with Crippen molar-refractivity contribution in [3.05, 3.63) is 64.8 Å². The van der Waals surface area contributed by atoms with Gasteiger partial charge in [0.1, 0.15) is 5.82 Å². The smallest absolute Gasteiger partial charge is 0.274 e. The third-order valence-corrected chi connectivity index (χ3v) is 4.76. The summed E-state index contributed by atoms with van der Waals surface area (Å²) in [6, 6.07) is 9.61. The highest BCUT2D eigenvalue weighted by atomic mass is 79.9. The van der Waals surface area contributed by atoms with Gasteiger partial charge in [0.05, 0.1) is 24.1 Å². The number of benzene rings is 1. The van der Waals surface area contributed by atoms with E-state index in [0.29, 0.717) is 34.5 Å². The lowest BCUT2D eigenvalue weighted by Crippen LogP contribution is -2.50. The van der Waals surface area contributed by atoms with Crippen LogP contribution in [0.5, 0.6) is 0 Å². The number of carbonyl (C=O) groups excluding carboxylic acids is 2. The van der Waals surface area contributed by atoms with Gasteiger partial charge in [-0.1, -0.05) is 15.9 Å². The Kier molecular flexibility index (Phi) is 4.91. The van der Waals surface area contributed by atoms with Crippen molar-refractivity contribution in [2.45, 2.75) is 0 Å². The van der Waals surface area contributed by atoms with E-state index in [4.69, 9.17) is 0 Å². The molecule has 1 aromatic carbocycles. The Bertz CT molecular complexity index is 1030. The topological polar surface area (TPSA) is 80.1 Å². The van der Waals surface area contributed by atoms with Gasteiger partial charge < -0.3 is 10.2 Å². The molecule has 28 heavy (non-hydrogen) atoms. The van der Waals surface area contributed by atoms with E-state index >= 15 is 0 Å². The Morgan fingerprint density at radius 1 is 1.25 bits per heavy atom. The summed E-state index contributed by atoms with van der Waals surface area (Å²) in [5, 5.41) is 7.12. The van der Waals surface area contributed by atoms with Gasteiger partial charge in [0.15, 0.2) is 5.69 Å². The maximum Gasteiger partial charge on any atom is 0.274 e. The van der Waals surface area contributed by atoms with Gasteiger partial charge in [0, 0.05) is 29.3 Å². The van der Waals surface area contributed by atoms with Gasteiger partial charge in [0.2, 0.25) is 5.91 Å². The maximum absolute atomic E-state index is 14.0. The zero-order valence-corrected chi connectivity index (χ0v) is 16.2. The predicted octanol–water partition coefficient (Wildman–Crippen LogP) is 2.41. The van der Waals surface area contributed by atoms with E-state index < -0.39 is 5.82 Å². The molecular formula is C19H15BrFN5O2. The van der Waals surface area contributed by atoms with Crippen LogP contribution in [0.1, 0.15) is 10.5 Å². The second-order valence-electron chi connectivity index (χ2n) is 6.27. The number of halogens is 2. The minimum atomic E-state index is -0.413. The number of pyridine rings is 1. The van der Waals surface area contributed by atoms with E-state index in [0.717, 1.165) is 0 Å². The van der Waals surface area contributed by atoms with Gasteiger partial charge in [-0.25, -0.2) is 9.07 Å². The highest BCUT2D eigenvalue weighted by Crippen LogP contribution is 2.28. The first kappa shape index (κ1) is 18.3. The SMILES string of the molecule is O=C1CN(C(=O)c2cc(-c3cc(F)cc(Br)c3)n(-c3cccnc3)n2)CCN1. The van der Waals surface area contributed by atoms with Crippen LogP contribution >= 0.6 is 15.9 Å². The zero-order valence-electron chi connectivity index (χ0n) is 14.6. The Balaban J connectivity index is 1.80. The molecule has 0 unspecified atom stereocenters. The Hall–Kier alpha value is -3.07. The molecule has 7 nitrogen and oxygen atoms in total. The predicted molar refractivity (Wildman–Crippen MR) is 103 cm³/mol. The highest BCUT2D eigenvalue weighted by Gasteiger charge is 2.26. The van der Waals surface area contributed by atoms with Crippen LogP contribution < -0.4 is 5.32 Å². The summed E-state index contributed by atoms with van der Waals surface area (Å²) in [6.07, 6.45) is 3.23. The van der Waals surface area contributed by atoms with Gasteiger partial charge in [-0.15, -0.1) is 0 Å². The summed E-state index contributed by atoms with van der Waals surface area (Å²) < 4.78 is 16.1. The molecule has 142 valence electrons. The van der Waals surface area contributed by atoms with E-state index in [-0.39, 0.29) is 24.1 Å². The molecule has 1 saturated heterocycles. The summed E-state index contributed by atoms with van der Waals surface area (Å²) in [4.78, 5) is 30.0. The first-order chi connectivity index (χ1) is 13.5. The number of nitrogens with one attached hydrogen (secondary N) is 1. The average Bonchev–Trinajstić information content (AvgIpc) is 3.13. The van der Waals surface area contributed by atoms with Crippen LogP contribution in [0.2, 0.25) is 0 Å². The zero-order chi connectivity index (χ0) is 19.7. The van der Waals surface area contributed by atoms with E-state index in [9.17, 15) is 14.0 Å². The van der Waals surface area contributed by atoms with Crippen LogP contribution in [0.25, 0.3) is 16.9 Å². The van der Waals surface area contributed by atoms with Gasteiger partial charge >= 0.3 is 0 Å². The van der Waals surface area contributed by atoms with E-state index in [2.05, 4.69) is 31.3 Å². The first-order valence-corrected chi connectivity index (χ1v) is 9.33. The van der Waals surface area contributed by atoms with Gasteiger partial charge in [0.25, 0.3) is 5.91 Å². The normalized spacial score (nSPS) is 14.1. The lowest BCUT2D eigenvalue weighted by Gasteiger charge is -2.25. The maximum atomic E-state index is 14.0. The number of nitrogens with zero attached hydrogens (tertiary/aromatic N) is 4. The molecule has 0 saturated carbocycles. The van der Waals surface area contributed by atoms with Crippen molar-refractivity contribution < 1.29 is 14.0 Å². The minimum Gasteiger partial charge on any atom is -0.353 e. The van der Waals surface area contributed by atoms with Gasteiger partial charge in [-0.3, -0.25) is 14.6 Å². The molecule has 9 heteroatoms. The number of rotatable bonds is 3. The summed E-state index contributed by atoms with van der Waals surface area (Å²) in [5.74, 6) is -0.973. The van der Waals surface area contributed by atoms with Crippen molar-refractivity contribution in [3.63, 3.8) is 0 Å². The molecule has 1 aliphatic rings. The molecule has 0 atom stereocenters. The Morgan fingerprint density at radius 3 is 2.82 bits per heavy atom. The van der Waals surface area contributed by atoms with Crippen molar-refractivity contribution in [1.29, 1.82) is 0 Å². The van der Waals surface area contributed by atoms with Crippen molar-refractivity contribution in [3.8, 4) is 16.9 Å². The molecule has 0 radical (unpaired) electrons. The number of hydrogen-bond donors (Lipinski definition) is 1. The van der Waals surface area contributed by atoms with Gasteiger partial charge in [-0.05, 0) is 36.4 Å². The quantitative estimate of drug-likeness (QED) is 0.673. The molecule has 0 bridgehead atoms. The van der Waals surface area contributed by atoms with E-state index in [1.807, 2.05) is 0 Å². The van der Waals surface area contributed by atoms with E-state index in [1.165, 1.54) is 17.0 Å². The number of aromatic nitrogens is 3. The van der Waals surface area contributed by atoms with Crippen LogP contribution in [0.15, 0.2) is 53.3 Å². The fourth-order valence-corrected chi connectivity index (χ4v) is 3.51. The van der Waals surface area contributed by atoms with Crippen LogP contribution in [-0.4, -0.2) is 51.1 Å². The second kappa shape index (κ2) is 7.51. The van der Waals surface area contributed by atoms with Crippen LogP contribution in [0.3, 0.4) is 0 Å². The Morgan fingerprint density at radius 2 is 2.11 bits per heavy atom. The summed E-state index contributed by atoms with van der Waals surface area (Å²) >= 11 is 3.29. The molecule has 4 rings (SSSR count). The number of carbonyl (C=O) groups is 2. The fourth-order valence-electron chi connectivity index (χ4n) is 3.04. The average molecular weight is 444 g/mol. The lowest BCUT2D eigenvalue weighted by atomic mass is 10.1. The third-order valence-electron chi connectivity index (χ3n) is 4.30. The second-order valence-corrected chi connectivity index (χ2v) is 7.19. The molecule has 3 heterocycles. The molecular weight excluding hydrogens is 429 g/mol. The molecule has 0 spiro atoms. The number of amides is 2. The van der Waals surface area contributed by atoms with Crippen molar-refractivity contribution in [2.75, 3.05) is 19.6 Å². The monoisotopic (exact) mass is 443 g/mol. The summed E-state index contributed by atoms with van der Waals surface area (Å²) in [6.45, 7) is 0.794. The standard InChI is InChI=1S/C19H15BrFN5O2/c20-13-6-12(7-14(21)8-13)17-9-16(19(28)25-5-4-23-18(27)11-25)24-26(17)15-2-1-3-22-10-15/h1-3,6-10H,4-5,11H2,(H,23,27). The molecule has 1 fully saturated rings. The molecule has 2 amide bonds. The third kappa shape index (κ3) is 3.65. The lowest BCUT2D eigenvalue weighted by molar-refractivity contribution is -0.123. The van der Waals surface area contributed by atoms with Crippen LogP contribution in [0, 0.1) is 5.82 Å². The minimum absolute atomic E-state index is 0.0145. The first-order valence-electron chi connectivity index (χ1n) is 8.54. The van der Waals surface area contributed by atoms with Gasteiger partial charge in [-0.2, -0.15) is 5.10 Å². The molecule has 1 N–H and O–H groups in total. The number of piperazine rings is 1. The fraction of sp³-hybridized carbons (Fsp3) is 0.158. The van der Waals surface area contributed by atoms with Crippen molar-refractivity contribution >= 4 is 27.7 Å². The molecule has 1 aliphatic heterocycles. The molecule has 2 aromatic heterocycles. The summed E-state index contributed by atoms with van der Waals surface area (Å²) in [5.41, 5.74) is 1.90. The van der Waals surface area contributed by atoms with Crippen molar-refractivity contribution in [1.82, 2.24) is 25.0 Å². The molecule has 0 aliphatic carbocycles. The van der Waals surface area contributed by atoms with Crippen LogP contribution in [0.4, 0.5) is 4.39 Å². The van der Waals surface area contributed by atoms with Crippen molar-refractivity contribution in [2.24, 2.45) is 0 Å². The largest absolute Gasteiger partial charge is 0.353 e. The summed E-state index contributed by atoms with van der Waals surface area (Å²) in [7, 11) is 0. The molecule has 3 aromatic rings. The van der Waals surface area contributed by atoms with E-state index in [1.54, 1.807) is 41.3 Å².